The van der Waals surface area contributed by atoms with E-state index in [0.29, 0.717) is 28.0 Å². The fourth-order valence-electron chi connectivity index (χ4n) is 2.00. The topological polar surface area (TPSA) is 52.0 Å². The highest BCUT2D eigenvalue weighted by Gasteiger charge is 2.22. The van der Waals surface area contributed by atoms with E-state index < -0.39 is 9.05 Å². The summed E-state index contributed by atoms with van der Waals surface area (Å²) in [6.45, 7) is 3.59. The maximum atomic E-state index is 11.5. The molecule has 4 nitrogen and oxygen atoms in total. The largest absolute Gasteiger partial charge is 0.264 e. The Morgan fingerprint density at radius 3 is 2.40 bits per heavy atom. The molecule has 0 aliphatic heterocycles. The maximum Gasteiger partial charge on any atom is 0.264 e. The molecule has 0 N–H and O–H groups in total. The van der Waals surface area contributed by atoms with Gasteiger partial charge in [-0.2, -0.15) is 5.10 Å². The lowest BCUT2D eigenvalue weighted by atomic mass is 10.2. The fourth-order valence-corrected chi connectivity index (χ4v) is 3.99. The van der Waals surface area contributed by atoms with Crippen LogP contribution in [0.2, 0.25) is 10.0 Å². The van der Waals surface area contributed by atoms with Gasteiger partial charge >= 0.3 is 0 Å². The number of aromatic nitrogens is 2. The van der Waals surface area contributed by atoms with Crippen LogP contribution in [0.1, 0.15) is 17.0 Å². The average molecular weight is 354 g/mol. The summed E-state index contributed by atoms with van der Waals surface area (Å²) in [6, 6.07) is 5.12. The zero-order valence-electron chi connectivity index (χ0n) is 10.7. The van der Waals surface area contributed by atoms with E-state index in [1.54, 1.807) is 36.7 Å². The summed E-state index contributed by atoms with van der Waals surface area (Å²) in [6.07, 6.45) is 0. The molecule has 1 heterocycles. The van der Waals surface area contributed by atoms with Crippen LogP contribution in [0.3, 0.4) is 0 Å². The summed E-state index contributed by atoms with van der Waals surface area (Å²) >= 11 is 11.9. The van der Waals surface area contributed by atoms with Gasteiger partial charge in [-0.25, -0.2) is 8.42 Å². The lowest BCUT2D eigenvalue weighted by molar-refractivity contribution is 0.607. The van der Waals surface area contributed by atoms with Gasteiger partial charge in [0.1, 0.15) is 4.90 Å². The van der Waals surface area contributed by atoms with Crippen molar-refractivity contribution in [3.63, 3.8) is 0 Å². The number of benzene rings is 1. The highest BCUT2D eigenvalue weighted by molar-refractivity contribution is 8.13. The van der Waals surface area contributed by atoms with E-state index in [2.05, 4.69) is 5.10 Å². The Labute approximate surface area is 131 Å². The van der Waals surface area contributed by atoms with Gasteiger partial charge in [-0.3, -0.25) is 4.68 Å². The summed E-state index contributed by atoms with van der Waals surface area (Å²) in [5.41, 5.74) is 1.63. The van der Waals surface area contributed by atoms with Crippen LogP contribution < -0.4 is 0 Å². The van der Waals surface area contributed by atoms with Crippen LogP contribution in [0.4, 0.5) is 0 Å². The van der Waals surface area contributed by atoms with E-state index in [4.69, 9.17) is 33.9 Å². The third-order valence-corrected chi connectivity index (χ3v) is 5.02. The highest BCUT2D eigenvalue weighted by Crippen LogP contribution is 2.26. The molecule has 0 bridgehead atoms. The van der Waals surface area contributed by atoms with Crippen LogP contribution in [0.5, 0.6) is 0 Å². The molecular weight excluding hydrogens is 343 g/mol. The van der Waals surface area contributed by atoms with Gasteiger partial charge in [0.15, 0.2) is 0 Å². The predicted molar refractivity (Wildman–Crippen MR) is 80.3 cm³/mol. The van der Waals surface area contributed by atoms with Gasteiger partial charge in [0, 0.05) is 20.7 Å². The van der Waals surface area contributed by atoms with E-state index >= 15 is 0 Å². The average Bonchev–Trinajstić information content (AvgIpc) is 2.57. The van der Waals surface area contributed by atoms with Crippen LogP contribution in [0, 0.1) is 13.8 Å². The lowest BCUT2D eigenvalue weighted by Crippen LogP contribution is -2.05. The van der Waals surface area contributed by atoms with E-state index in [1.165, 1.54) is 0 Å². The Morgan fingerprint density at radius 1 is 1.25 bits per heavy atom. The molecule has 0 aliphatic rings. The molecule has 1 aromatic heterocycles. The Kier molecular flexibility index (Phi) is 4.35. The first-order valence-electron chi connectivity index (χ1n) is 5.62. The first-order valence-corrected chi connectivity index (χ1v) is 8.69. The van der Waals surface area contributed by atoms with Crippen LogP contribution in [-0.4, -0.2) is 18.2 Å². The number of aryl methyl sites for hydroxylation is 1. The molecule has 108 valence electrons. The van der Waals surface area contributed by atoms with E-state index in [0.717, 1.165) is 5.56 Å². The van der Waals surface area contributed by atoms with Crippen molar-refractivity contribution in [1.29, 1.82) is 0 Å². The molecule has 20 heavy (non-hydrogen) atoms. The van der Waals surface area contributed by atoms with E-state index in [1.807, 2.05) is 0 Å². The Bertz CT molecular complexity index is 769. The number of rotatable bonds is 3. The molecule has 0 spiro atoms. The van der Waals surface area contributed by atoms with E-state index in [-0.39, 0.29) is 4.90 Å². The zero-order chi connectivity index (χ0) is 15.1. The first kappa shape index (κ1) is 15.6. The first-order chi connectivity index (χ1) is 9.20. The zero-order valence-corrected chi connectivity index (χ0v) is 13.8. The summed E-state index contributed by atoms with van der Waals surface area (Å²) in [4.78, 5) is 0.0456. The van der Waals surface area contributed by atoms with Crippen molar-refractivity contribution in [3.05, 3.63) is 45.2 Å². The molecule has 0 aliphatic carbocycles. The normalized spacial score (nSPS) is 11.8. The minimum Gasteiger partial charge on any atom is -0.264 e. The summed E-state index contributed by atoms with van der Waals surface area (Å²) in [7, 11) is 1.60. The molecular formula is C12H11Cl3N2O2S. The Morgan fingerprint density at radius 2 is 1.90 bits per heavy atom. The van der Waals surface area contributed by atoms with Crippen molar-refractivity contribution in [3.8, 4) is 0 Å². The third-order valence-electron chi connectivity index (χ3n) is 2.89. The standard InChI is InChI=1S/C12H11Cl3N2O2S/c1-7-12(20(15,18)19)8(2)17(16-7)6-9-3-4-10(13)5-11(9)14/h3-5H,6H2,1-2H3. The number of nitrogens with zero attached hydrogens (tertiary/aromatic N) is 2. The molecule has 0 amide bonds. The minimum atomic E-state index is -3.82. The maximum absolute atomic E-state index is 11.5. The minimum absolute atomic E-state index is 0.0456. The second-order valence-corrected chi connectivity index (χ2v) is 7.68. The van der Waals surface area contributed by atoms with Crippen molar-refractivity contribution in [1.82, 2.24) is 9.78 Å². The van der Waals surface area contributed by atoms with Crippen molar-refractivity contribution < 1.29 is 8.42 Å². The van der Waals surface area contributed by atoms with Gasteiger partial charge in [-0.05, 0) is 31.5 Å². The van der Waals surface area contributed by atoms with Crippen molar-refractivity contribution in [2.24, 2.45) is 0 Å². The second-order valence-electron chi connectivity index (χ2n) is 4.33. The number of hydrogen-bond donors (Lipinski definition) is 0. The van der Waals surface area contributed by atoms with E-state index in [9.17, 15) is 8.42 Å². The van der Waals surface area contributed by atoms with Crippen LogP contribution in [-0.2, 0) is 15.6 Å². The molecule has 0 unspecified atom stereocenters. The SMILES string of the molecule is Cc1nn(Cc2ccc(Cl)cc2Cl)c(C)c1S(=O)(=O)Cl. The van der Waals surface area contributed by atoms with Gasteiger partial charge in [-0.15, -0.1) is 0 Å². The molecule has 0 fully saturated rings. The molecule has 1 aromatic carbocycles. The van der Waals surface area contributed by atoms with Crippen LogP contribution >= 0.6 is 33.9 Å². The Balaban J connectivity index is 2.46. The summed E-state index contributed by atoms with van der Waals surface area (Å²) in [5, 5.41) is 5.24. The van der Waals surface area contributed by atoms with Gasteiger partial charge in [0.2, 0.25) is 0 Å². The molecule has 0 atom stereocenters. The molecule has 2 aromatic rings. The quantitative estimate of drug-likeness (QED) is 0.789. The molecule has 2 rings (SSSR count). The third kappa shape index (κ3) is 3.11. The molecule has 0 saturated carbocycles. The van der Waals surface area contributed by atoms with Crippen LogP contribution in [0.15, 0.2) is 23.1 Å². The molecule has 0 radical (unpaired) electrons. The monoisotopic (exact) mass is 352 g/mol. The summed E-state index contributed by atoms with van der Waals surface area (Å²) < 4.78 is 24.6. The van der Waals surface area contributed by atoms with Crippen molar-refractivity contribution >= 4 is 42.9 Å². The number of hydrogen-bond acceptors (Lipinski definition) is 3. The van der Waals surface area contributed by atoms with Crippen LogP contribution in [0.25, 0.3) is 0 Å². The smallest absolute Gasteiger partial charge is 0.264 e. The fraction of sp³-hybridized carbons (Fsp3) is 0.250. The van der Waals surface area contributed by atoms with Gasteiger partial charge in [0.05, 0.1) is 17.9 Å². The Hall–Kier alpha value is -0.750. The molecule has 0 saturated heterocycles. The van der Waals surface area contributed by atoms with Crippen molar-refractivity contribution in [2.75, 3.05) is 0 Å². The number of halogens is 3. The lowest BCUT2D eigenvalue weighted by Gasteiger charge is -2.07. The second kappa shape index (κ2) is 5.56. The molecule has 8 heteroatoms. The summed E-state index contributed by atoms with van der Waals surface area (Å²) in [5.74, 6) is 0. The van der Waals surface area contributed by atoms with Gasteiger partial charge in [-0.1, -0.05) is 29.3 Å². The van der Waals surface area contributed by atoms with Gasteiger partial charge < -0.3 is 0 Å². The highest BCUT2D eigenvalue weighted by atomic mass is 35.7. The van der Waals surface area contributed by atoms with Gasteiger partial charge in [0.25, 0.3) is 9.05 Å². The van der Waals surface area contributed by atoms with Crippen molar-refractivity contribution in [2.45, 2.75) is 25.3 Å². The predicted octanol–water partition coefficient (Wildman–Crippen LogP) is 3.78.